The van der Waals surface area contributed by atoms with Gasteiger partial charge in [0.2, 0.25) is 0 Å². The van der Waals surface area contributed by atoms with Crippen molar-refractivity contribution in [3.8, 4) is 0 Å². The van der Waals surface area contributed by atoms with Gasteiger partial charge in [-0.25, -0.2) is 0 Å². The summed E-state index contributed by atoms with van der Waals surface area (Å²) >= 11 is 0. The molecule has 0 N–H and O–H groups in total. The van der Waals surface area contributed by atoms with Crippen LogP contribution in [0, 0.1) is 0 Å². The fraction of sp³-hybridized carbons (Fsp3) is 1.00. The van der Waals surface area contributed by atoms with Crippen LogP contribution < -0.4 is 0 Å². The van der Waals surface area contributed by atoms with E-state index < -0.39 is 18.3 Å². The molecule has 0 saturated carbocycles. The molecule has 0 aromatic rings. The number of hydrogen-bond acceptors (Lipinski definition) is 8. The number of rotatable bonds is 18. The third kappa shape index (κ3) is 18.0. The quantitative estimate of drug-likeness (QED) is 0.148. The molecule has 8 nitrogen and oxygen atoms in total. The van der Waals surface area contributed by atoms with Crippen LogP contribution in [0.3, 0.4) is 0 Å². The van der Waals surface area contributed by atoms with Gasteiger partial charge in [-0.2, -0.15) is 0 Å². The van der Waals surface area contributed by atoms with E-state index in [0.29, 0.717) is 59.0 Å². The van der Waals surface area contributed by atoms with Crippen LogP contribution in [0.5, 0.6) is 0 Å². The van der Waals surface area contributed by atoms with Crippen molar-refractivity contribution < 1.29 is 55.5 Å². The molecule has 11 heteroatoms. The monoisotopic (exact) mass is 544 g/mol. The Morgan fingerprint density at radius 1 is 0.793 bits per heavy atom. The Morgan fingerprint density at radius 2 is 1.24 bits per heavy atom. The van der Waals surface area contributed by atoms with Crippen LogP contribution in [-0.2, 0) is 55.5 Å². The first-order valence-corrected chi connectivity index (χ1v) is 13.9. The molecule has 178 valence electrons. The van der Waals surface area contributed by atoms with Crippen LogP contribution in [-0.4, -0.2) is 83.9 Å². The first-order chi connectivity index (χ1) is 13.6. The Balaban J connectivity index is 0. The maximum atomic E-state index is 5.76. The van der Waals surface area contributed by atoms with Crippen LogP contribution in [0.4, 0.5) is 0 Å². The smallest absolute Gasteiger partial charge is 0.379 e. The van der Waals surface area contributed by atoms with E-state index in [1.807, 2.05) is 41.5 Å². The summed E-state index contributed by atoms with van der Waals surface area (Å²) < 4.78 is 43.5. The van der Waals surface area contributed by atoms with Gasteiger partial charge in [-0.15, -0.1) is 0 Å². The molecule has 0 spiro atoms. The van der Waals surface area contributed by atoms with Gasteiger partial charge in [0, 0.05) is 71.8 Å². The molecule has 0 aliphatic carbocycles. The average molecular weight is 544 g/mol. The summed E-state index contributed by atoms with van der Waals surface area (Å²) in [6.45, 7) is 17.9. The molecule has 29 heavy (non-hydrogen) atoms. The van der Waals surface area contributed by atoms with Gasteiger partial charge in [0.05, 0.1) is 13.2 Å². The summed E-state index contributed by atoms with van der Waals surface area (Å²) in [7, 11) is -4.20. The van der Waals surface area contributed by atoms with E-state index in [-0.39, 0.29) is 19.5 Å². The Hall–Kier alpha value is 0.737. The number of hydrogen-bond donors (Lipinski definition) is 0. The van der Waals surface area contributed by atoms with Crippen molar-refractivity contribution in [2.24, 2.45) is 0 Å². The van der Waals surface area contributed by atoms with Gasteiger partial charge in [0.1, 0.15) is 6.10 Å². The molecule has 1 heterocycles. The van der Waals surface area contributed by atoms with Gasteiger partial charge in [-0.3, -0.25) is 0 Å². The minimum Gasteiger partial charge on any atom is -0.379 e. The van der Waals surface area contributed by atoms with E-state index >= 15 is 0 Å². The largest absolute Gasteiger partial charge is 0.501 e. The van der Waals surface area contributed by atoms with Gasteiger partial charge in [-0.1, -0.05) is 0 Å². The first-order valence-electron chi connectivity index (χ1n) is 10.6. The van der Waals surface area contributed by atoms with Crippen molar-refractivity contribution in [3.05, 3.63) is 0 Å². The van der Waals surface area contributed by atoms with E-state index in [9.17, 15) is 0 Å². The zero-order chi connectivity index (χ0) is 21.1. The van der Waals surface area contributed by atoms with Gasteiger partial charge >= 0.3 is 18.3 Å². The summed E-state index contributed by atoms with van der Waals surface area (Å²) in [5.41, 5.74) is 0. The predicted molar refractivity (Wildman–Crippen MR) is 113 cm³/mol. The second-order valence-corrected chi connectivity index (χ2v) is 10.1. The zero-order valence-electron chi connectivity index (χ0n) is 19.1. The molecule has 0 aromatic heterocycles. The van der Waals surface area contributed by atoms with E-state index in [4.69, 9.17) is 36.0 Å². The Bertz CT molecular complexity index is 310. The Labute approximate surface area is 193 Å². The van der Waals surface area contributed by atoms with Crippen molar-refractivity contribution >= 4 is 18.3 Å². The molecular weight excluding hydrogens is 501 g/mol. The SMILES string of the molecule is CCO[SiH](OCC)OCC.CCO[Si](CCCOCC1CO1)(OCC)OCC.[Ru]. The third-order valence-corrected chi connectivity index (χ3v) is 8.45. The molecule has 1 saturated heterocycles. The second-order valence-electron chi connectivity index (χ2n) is 5.77. The normalized spacial score (nSPS) is 15.6. The van der Waals surface area contributed by atoms with Crippen molar-refractivity contribution in [2.75, 3.05) is 59.5 Å². The molecule has 1 unspecified atom stereocenters. The fourth-order valence-corrected chi connectivity index (χ4v) is 6.01. The maximum absolute atomic E-state index is 5.76. The van der Waals surface area contributed by atoms with Gasteiger partial charge < -0.3 is 36.0 Å². The summed E-state index contributed by atoms with van der Waals surface area (Å²) in [6, 6.07) is 0.814. The fourth-order valence-electron chi connectivity index (χ4n) is 2.32. The predicted octanol–water partition coefficient (Wildman–Crippen LogP) is 2.65. The van der Waals surface area contributed by atoms with Crippen LogP contribution in [0.25, 0.3) is 0 Å². The van der Waals surface area contributed by atoms with Gasteiger partial charge in [0.15, 0.2) is 0 Å². The minimum absolute atomic E-state index is 0. The maximum Gasteiger partial charge on any atom is 0.501 e. The molecule has 0 amide bonds. The van der Waals surface area contributed by atoms with Crippen molar-refractivity contribution in [1.29, 1.82) is 0 Å². The van der Waals surface area contributed by atoms with Crippen LogP contribution in [0.15, 0.2) is 0 Å². The summed E-state index contributed by atoms with van der Waals surface area (Å²) in [4.78, 5) is 0. The Kier molecular flexibility index (Phi) is 24.2. The molecular formula is C18H42O8RuSi2. The van der Waals surface area contributed by atoms with E-state index in [2.05, 4.69) is 0 Å². The van der Waals surface area contributed by atoms with Crippen molar-refractivity contribution in [1.82, 2.24) is 0 Å². The average Bonchev–Trinajstić information content (AvgIpc) is 3.48. The summed E-state index contributed by atoms with van der Waals surface area (Å²) in [5, 5.41) is 0. The van der Waals surface area contributed by atoms with Gasteiger partial charge in [0.25, 0.3) is 0 Å². The summed E-state index contributed by atoms with van der Waals surface area (Å²) in [6.07, 6.45) is 1.23. The topological polar surface area (TPSA) is 77.1 Å². The van der Waals surface area contributed by atoms with Crippen LogP contribution in [0.2, 0.25) is 6.04 Å². The van der Waals surface area contributed by atoms with Crippen molar-refractivity contribution in [3.63, 3.8) is 0 Å². The molecule has 1 aliphatic rings. The molecule has 1 atom stereocenters. The van der Waals surface area contributed by atoms with Crippen LogP contribution in [0.1, 0.15) is 48.0 Å². The first kappa shape index (κ1) is 31.9. The third-order valence-electron chi connectivity index (χ3n) is 3.48. The van der Waals surface area contributed by atoms with Crippen molar-refractivity contribution in [2.45, 2.75) is 60.1 Å². The molecule has 0 radical (unpaired) electrons. The minimum atomic E-state index is -2.47. The molecule has 1 aliphatic heterocycles. The second kappa shape index (κ2) is 21.9. The van der Waals surface area contributed by atoms with Crippen LogP contribution >= 0.6 is 0 Å². The van der Waals surface area contributed by atoms with E-state index in [0.717, 1.165) is 19.1 Å². The Morgan fingerprint density at radius 3 is 1.59 bits per heavy atom. The number of epoxide rings is 1. The zero-order valence-corrected chi connectivity index (χ0v) is 22.9. The molecule has 1 rings (SSSR count). The molecule has 0 bridgehead atoms. The summed E-state index contributed by atoms with van der Waals surface area (Å²) in [5.74, 6) is 0. The molecule has 1 fully saturated rings. The van der Waals surface area contributed by atoms with E-state index in [1.165, 1.54) is 0 Å². The molecule has 0 aromatic carbocycles. The number of ether oxygens (including phenoxy) is 2. The van der Waals surface area contributed by atoms with Gasteiger partial charge in [-0.05, 0) is 48.0 Å². The standard InChI is InChI=1S/C12H26O5Si.C6H16O3Si.Ru/c1-4-15-18(16-5-2,17-6-3)9-7-8-13-10-12-11-14-12;1-4-7-10(8-5-2)9-6-3;/h12H,4-11H2,1-3H3;10H,4-6H2,1-3H3;. The van der Waals surface area contributed by atoms with E-state index in [1.54, 1.807) is 0 Å².